The summed E-state index contributed by atoms with van der Waals surface area (Å²) in [7, 11) is 0. The number of rotatable bonds is 7. The zero-order valence-corrected chi connectivity index (χ0v) is 18.1. The summed E-state index contributed by atoms with van der Waals surface area (Å²) in [6.45, 7) is 3.15. The Morgan fingerprint density at radius 3 is 2.90 bits per heavy atom. The van der Waals surface area contributed by atoms with Crippen LogP contribution in [0, 0.1) is 0 Å². The van der Waals surface area contributed by atoms with Crippen molar-refractivity contribution in [3.63, 3.8) is 0 Å². The highest BCUT2D eigenvalue weighted by molar-refractivity contribution is 8.18. The van der Waals surface area contributed by atoms with Crippen LogP contribution in [-0.4, -0.2) is 54.4 Å². The molecule has 0 saturated carbocycles. The standard InChI is InChI=1S/C23H24N2O5S/c1-2-29-19-10-9-15-6-3-4-8-17(15)18(19)12-20-22(27)25(23(28)31-20)14-21(26)24-13-16-7-5-11-30-16/h3-4,6,8-10,12,16H,2,5,7,11,13-14H2,1H3,(H,24,26)/b20-12-/t16-/m1/s1. The number of amides is 3. The van der Waals surface area contributed by atoms with E-state index in [2.05, 4.69) is 5.32 Å². The largest absolute Gasteiger partial charge is 0.493 e. The van der Waals surface area contributed by atoms with Gasteiger partial charge in [0.15, 0.2) is 0 Å². The molecule has 2 aliphatic heterocycles. The highest BCUT2D eigenvalue weighted by atomic mass is 32.2. The van der Waals surface area contributed by atoms with Crippen LogP contribution in [0.4, 0.5) is 4.79 Å². The van der Waals surface area contributed by atoms with Gasteiger partial charge in [-0.15, -0.1) is 0 Å². The molecule has 2 aliphatic rings. The van der Waals surface area contributed by atoms with Gasteiger partial charge < -0.3 is 14.8 Å². The Morgan fingerprint density at radius 2 is 2.13 bits per heavy atom. The molecule has 8 heteroatoms. The summed E-state index contributed by atoms with van der Waals surface area (Å²) in [5.41, 5.74) is 0.744. The van der Waals surface area contributed by atoms with E-state index in [-0.39, 0.29) is 23.5 Å². The van der Waals surface area contributed by atoms with E-state index in [1.165, 1.54) is 0 Å². The Balaban J connectivity index is 1.53. The molecule has 2 heterocycles. The van der Waals surface area contributed by atoms with Crippen LogP contribution in [0.2, 0.25) is 0 Å². The predicted molar refractivity (Wildman–Crippen MR) is 120 cm³/mol. The van der Waals surface area contributed by atoms with Gasteiger partial charge in [-0.3, -0.25) is 19.3 Å². The second kappa shape index (κ2) is 9.53. The number of ether oxygens (including phenoxy) is 2. The number of carbonyl (C=O) groups is 3. The molecule has 3 amide bonds. The van der Waals surface area contributed by atoms with Gasteiger partial charge in [0.25, 0.3) is 11.1 Å². The Bertz CT molecular complexity index is 1050. The van der Waals surface area contributed by atoms with Crippen LogP contribution in [0.25, 0.3) is 16.8 Å². The Morgan fingerprint density at radius 1 is 1.29 bits per heavy atom. The average Bonchev–Trinajstić information content (AvgIpc) is 3.38. The molecule has 2 aromatic carbocycles. The van der Waals surface area contributed by atoms with Crippen molar-refractivity contribution in [3.05, 3.63) is 46.9 Å². The van der Waals surface area contributed by atoms with Gasteiger partial charge >= 0.3 is 0 Å². The predicted octanol–water partition coefficient (Wildman–Crippen LogP) is 3.57. The number of hydrogen-bond acceptors (Lipinski definition) is 6. The summed E-state index contributed by atoms with van der Waals surface area (Å²) < 4.78 is 11.2. The molecular formula is C23H24N2O5S. The third-order valence-corrected chi connectivity index (χ3v) is 6.14. The number of nitrogens with one attached hydrogen (secondary N) is 1. The lowest BCUT2D eigenvalue weighted by Crippen LogP contribution is -2.41. The summed E-state index contributed by atoms with van der Waals surface area (Å²) in [5, 5.41) is 4.22. The van der Waals surface area contributed by atoms with E-state index in [0.29, 0.717) is 25.5 Å². The normalized spacial score (nSPS) is 20.1. The van der Waals surface area contributed by atoms with Crippen molar-refractivity contribution < 1.29 is 23.9 Å². The van der Waals surface area contributed by atoms with Crippen molar-refractivity contribution in [3.8, 4) is 5.75 Å². The minimum Gasteiger partial charge on any atom is -0.493 e. The van der Waals surface area contributed by atoms with Gasteiger partial charge in [0.05, 0.1) is 17.6 Å². The van der Waals surface area contributed by atoms with Crippen LogP contribution in [0.5, 0.6) is 5.75 Å². The maximum absolute atomic E-state index is 12.9. The van der Waals surface area contributed by atoms with Gasteiger partial charge in [0.2, 0.25) is 5.91 Å². The van der Waals surface area contributed by atoms with Gasteiger partial charge in [0, 0.05) is 18.7 Å². The van der Waals surface area contributed by atoms with Crippen LogP contribution in [0.1, 0.15) is 25.3 Å². The van der Waals surface area contributed by atoms with Crippen LogP contribution < -0.4 is 10.1 Å². The van der Waals surface area contributed by atoms with Crippen molar-refractivity contribution >= 4 is 45.7 Å². The van der Waals surface area contributed by atoms with Crippen LogP contribution in [-0.2, 0) is 14.3 Å². The van der Waals surface area contributed by atoms with Crippen LogP contribution in [0.3, 0.4) is 0 Å². The second-order valence-electron chi connectivity index (χ2n) is 7.34. The maximum atomic E-state index is 12.9. The summed E-state index contributed by atoms with van der Waals surface area (Å²) in [6, 6.07) is 11.6. The second-order valence-corrected chi connectivity index (χ2v) is 8.33. The zero-order chi connectivity index (χ0) is 21.8. The smallest absolute Gasteiger partial charge is 0.294 e. The summed E-state index contributed by atoms with van der Waals surface area (Å²) >= 11 is 0.836. The van der Waals surface area contributed by atoms with E-state index in [1.807, 2.05) is 43.3 Å². The third kappa shape index (κ3) is 4.75. The number of benzene rings is 2. The molecule has 162 valence electrons. The SMILES string of the molecule is CCOc1ccc2ccccc2c1/C=C1\SC(=O)N(CC(=O)NC[C@H]2CCCO2)C1=O. The van der Waals surface area contributed by atoms with E-state index >= 15 is 0 Å². The van der Waals surface area contributed by atoms with E-state index in [1.54, 1.807) is 6.08 Å². The fourth-order valence-electron chi connectivity index (χ4n) is 3.71. The lowest BCUT2D eigenvalue weighted by atomic mass is 10.0. The molecule has 0 unspecified atom stereocenters. The first kappa shape index (κ1) is 21.4. The fourth-order valence-corrected chi connectivity index (χ4v) is 4.53. The van der Waals surface area contributed by atoms with Crippen LogP contribution >= 0.6 is 11.8 Å². The highest BCUT2D eigenvalue weighted by Crippen LogP contribution is 2.36. The average molecular weight is 441 g/mol. The maximum Gasteiger partial charge on any atom is 0.294 e. The Labute approximate surface area is 184 Å². The van der Waals surface area contributed by atoms with Crippen molar-refractivity contribution in [2.24, 2.45) is 0 Å². The van der Waals surface area contributed by atoms with Crippen molar-refractivity contribution in [1.29, 1.82) is 0 Å². The molecule has 2 aromatic rings. The van der Waals surface area contributed by atoms with Gasteiger partial charge in [-0.2, -0.15) is 0 Å². The van der Waals surface area contributed by atoms with Gasteiger partial charge in [0.1, 0.15) is 12.3 Å². The molecule has 0 aliphatic carbocycles. The summed E-state index contributed by atoms with van der Waals surface area (Å²) in [6.07, 6.45) is 3.56. The molecule has 7 nitrogen and oxygen atoms in total. The number of imide groups is 1. The minimum atomic E-state index is -0.474. The highest BCUT2D eigenvalue weighted by Gasteiger charge is 2.36. The minimum absolute atomic E-state index is 0.00195. The molecule has 1 atom stereocenters. The first-order chi connectivity index (χ1) is 15.1. The van der Waals surface area contributed by atoms with E-state index in [9.17, 15) is 14.4 Å². The van der Waals surface area contributed by atoms with Crippen LogP contribution in [0.15, 0.2) is 41.3 Å². The first-order valence-electron chi connectivity index (χ1n) is 10.3. The van der Waals surface area contributed by atoms with Crippen molar-refractivity contribution in [1.82, 2.24) is 10.2 Å². The van der Waals surface area contributed by atoms with Gasteiger partial charge in [-0.05, 0) is 54.4 Å². The molecule has 2 saturated heterocycles. The number of fused-ring (bicyclic) bond motifs is 1. The number of hydrogen-bond donors (Lipinski definition) is 1. The Hall–Kier alpha value is -2.84. The van der Waals surface area contributed by atoms with E-state index in [0.717, 1.165) is 45.8 Å². The number of nitrogens with zero attached hydrogens (tertiary/aromatic N) is 1. The summed E-state index contributed by atoms with van der Waals surface area (Å²) in [5.74, 6) is -0.209. The Kier molecular flexibility index (Phi) is 6.58. The zero-order valence-electron chi connectivity index (χ0n) is 17.3. The topological polar surface area (TPSA) is 84.9 Å². The van der Waals surface area contributed by atoms with Gasteiger partial charge in [-0.1, -0.05) is 30.3 Å². The third-order valence-electron chi connectivity index (χ3n) is 5.23. The van der Waals surface area contributed by atoms with E-state index in [4.69, 9.17) is 9.47 Å². The molecule has 0 bridgehead atoms. The lowest BCUT2D eigenvalue weighted by molar-refractivity contribution is -0.129. The lowest BCUT2D eigenvalue weighted by Gasteiger charge is -2.14. The molecule has 1 N–H and O–H groups in total. The van der Waals surface area contributed by atoms with Gasteiger partial charge in [-0.25, -0.2) is 0 Å². The monoisotopic (exact) mass is 440 g/mol. The number of carbonyl (C=O) groups excluding carboxylic acids is 3. The first-order valence-corrected chi connectivity index (χ1v) is 11.2. The molecule has 31 heavy (non-hydrogen) atoms. The van der Waals surface area contributed by atoms with Crippen molar-refractivity contribution in [2.45, 2.75) is 25.9 Å². The molecule has 0 spiro atoms. The molecule has 2 fully saturated rings. The quantitative estimate of drug-likeness (QED) is 0.663. The number of thioether (sulfide) groups is 1. The fraction of sp³-hybridized carbons (Fsp3) is 0.348. The van der Waals surface area contributed by atoms with E-state index < -0.39 is 11.1 Å². The molecule has 4 rings (SSSR count). The molecule has 0 radical (unpaired) electrons. The molecular weight excluding hydrogens is 416 g/mol. The van der Waals surface area contributed by atoms with Crippen molar-refractivity contribution in [2.75, 3.05) is 26.3 Å². The molecule has 0 aromatic heterocycles. The summed E-state index contributed by atoms with van der Waals surface area (Å²) in [4.78, 5) is 38.9.